The summed E-state index contributed by atoms with van der Waals surface area (Å²) in [5.41, 5.74) is 2.51. The molecule has 1 aliphatic rings. The monoisotopic (exact) mass is 553 g/mol. The molecule has 2 heterocycles. The number of fused-ring (bicyclic) bond motifs is 1. The van der Waals surface area contributed by atoms with Crippen molar-refractivity contribution in [3.8, 4) is 16.2 Å². The lowest BCUT2D eigenvalue weighted by atomic mass is 10.1. The van der Waals surface area contributed by atoms with Crippen LogP contribution in [-0.2, 0) is 0 Å². The molecule has 2 aromatic carbocycles. The topological polar surface area (TPSA) is 84.7 Å². The van der Waals surface area contributed by atoms with E-state index in [1.165, 1.54) is 11.3 Å². The maximum atomic E-state index is 13.6. The number of benzene rings is 2. The smallest absolute Gasteiger partial charge is 0.274 e. The first-order valence-electron chi connectivity index (χ1n) is 11.4. The highest BCUT2D eigenvalue weighted by molar-refractivity contribution is 9.11. The van der Waals surface area contributed by atoms with Crippen LogP contribution >= 0.6 is 27.3 Å². The van der Waals surface area contributed by atoms with Gasteiger partial charge in [0.2, 0.25) is 0 Å². The summed E-state index contributed by atoms with van der Waals surface area (Å²) >= 11 is 4.87. The number of aromatic nitrogens is 1. The fourth-order valence-electron chi connectivity index (χ4n) is 4.03. The van der Waals surface area contributed by atoms with Crippen molar-refractivity contribution in [2.24, 2.45) is 5.92 Å². The molecule has 35 heavy (non-hydrogen) atoms. The molecule has 5 rings (SSSR count). The zero-order valence-electron chi connectivity index (χ0n) is 19.1. The third-order valence-corrected chi connectivity index (χ3v) is 7.56. The Morgan fingerprint density at radius 1 is 1.23 bits per heavy atom. The molecule has 0 spiro atoms. The molecule has 1 N–H and O–H groups in total. The summed E-state index contributed by atoms with van der Waals surface area (Å²) < 4.78 is 11.4. The number of amides is 2. The van der Waals surface area contributed by atoms with Crippen LogP contribution in [0.5, 0.6) is 5.75 Å². The van der Waals surface area contributed by atoms with Gasteiger partial charge < -0.3 is 19.4 Å². The minimum Gasteiger partial charge on any atom is -0.497 e. The van der Waals surface area contributed by atoms with Crippen LogP contribution in [0.4, 0.5) is 0 Å². The van der Waals surface area contributed by atoms with E-state index in [9.17, 15) is 9.59 Å². The number of rotatable bonds is 9. The highest BCUT2D eigenvalue weighted by Gasteiger charge is 2.30. The lowest BCUT2D eigenvalue weighted by molar-refractivity contribution is 0.0737. The summed E-state index contributed by atoms with van der Waals surface area (Å²) in [6, 6.07) is 14.8. The van der Waals surface area contributed by atoms with Gasteiger partial charge in [0.25, 0.3) is 11.8 Å². The Bertz CT molecular complexity index is 1380. The number of nitrogens with zero attached hydrogens (tertiary/aromatic N) is 2. The second-order valence-corrected chi connectivity index (χ2v) is 10.7. The summed E-state index contributed by atoms with van der Waals surface area (Å²) in [7, 11) is 1.62. The van der Waals surface area contributed by atoms with Gasteiger partial charge >= 0.3 is 0 Å². The first-order valence-corrected chi connectivity index (χ1v) is 13.0. The molecule has 0 radical (unpaired) electrons. The van der Waals surface area contributed by atoms with Crippen LogP contribution < -0.4 is 10.1 Å². The number of hydrogen-bond acceptors (Lipinski definition) is 6. The Morgan fingerprint density at radius 3 is 2.86 bits per heavy atom. The van der Waals surface area contributed by atoms with E-state index in [2.05, 4.69) is 26.2 Å². The Labute approximate surface area is 215 Å². The fraction of sp³-hybridized carbons (Fsp3) is 0.269. The van der Waals surface area contributed by atoms with Gasteiger partial charge in [-0.05, 0) is 70.6 Å². The first-order chi connectivity index (χ1) is 17.0. The number of methoxy groups -OCH3 is 1. The molecule has 0 atom stereocenters. The van der Waals surface area contributed by atoms with E-state index in [0.717, 1.165) is 34.4 Å². The molecule has 9 heteroatoms. The van der Waals surface area contributed by atoms with Gasteiger partial charge in [0.05, 0.1) is 23.8 Å². The van der Waals surface area contributed by atoms with E-state index >= 15 is 0 Å². The third kappa shape index (κ3) is 5.26. The average molecular weight is 554 g/mol. The molecule has 0 unspecified atom stereocenters. The largest absolute Gasteiger partial charge is 0.497 e. The maximum Gasteiger partial charge on any atom is 0.274 e. The molecule has 1 fully saturated rings. The average Bonchev–Trinajstić information content (AvgIpc) is 3.40. The van der Waals surface area contributed by atoms with E-state index in [1.54, 1.807) is 31.6 Å². The van der Waals surface area contributed by atoms with Gasteiger partial charge in [-0.1, -0.05) is 18.2 Å². The lowest BCUT2D eigenvalue weighted by Crippen LogP contribution is -2.40. The summed E-state index contributed by atoms with van der Waals surface area (Å²) in [6.07, 6.45) is 3.80. The van der Waals surface area contributed by atoms with Gasteiger partial charge in [-0.15, -0.1) is 11.3 Å². The van der Waals surface area contributed by atoms with E-state index in [4.69, 9.17) is 9.15 Å². The van der Waals surface area contributed by atoms with Gasteiger partial charge in [0.15, 0.2) is 3.92 Å². The predicted molar refractivity (Wildman–Crippen MR) is 139 cm³/mol. The number of nitrogens with one attached hydrogen (secondary N) is 1. The van der Waals surface area contributed by atoms with E-state index in [-0.39, 0.29) is 11.8 Å². The van der Waals surface area contributed by atoms with Crippen molar-refractivity contribution >= 4 is 50.1 Å². The van der Waals surface area contributed by atoms with Crippen molar-refractivity contribution in [3.63, 3.8) is 0 Å². The molecule has 0 bridgehead atoms. The van der Waals surface area contributed by atoms with Crippen LogP contribution in [0.25, 0.3) is 21.4 Å². The number of carbonyl (C=O) groups excluding carboxylic acids is 2. The summed E-state index contributed by atoms with van der Waals surface area (Å²) in [6.45, 7) is 1.39. The number of carbonyl (C=O) groups is 2. The molecule has 2 amide bonds. The Balaban J connectivity index is 1.32. The first kappa shape index (κ1) is 23.6. The number of halogens is 1. The van der Waals surface area contributed by atoms with Gasteiger partial charge in [-0.2, -0.15) is 0 Å². The number of ether oxygens (including phenoxy) is 1. The van der Waals surface area contributed by atoms with Crippen LogP contribution in [0.1, 0.15) is 33.7 Å². The second kappa shape index (κ2) is 10.2. The maximum absolute atomic E-state index is 13.6. The van der Waals surface area contributed by atoms with Crippen LogP contribution in [0.15, 0.2) is 63.1 Å². The molecule has 1 saturated carbocycles. The van der Waals surface area contributed by atoms with Crippen molar-refractivity contribution in [1.82, 2.24) is 15.2 Å². The molecular weight excluding hydrogens is 530 g/mol. The normalized spacial score (nSPS) is 13.1. The quantitative estimate of drug-likeness (QED) is 0.291. The molecule has 2 aromatic heterocycles. The zero-order chi connectivity index (χ0) is 24.4. The van der Waals surface area contributed by atoms with Crippen molar-refractivity contribution in [2.75, 3.05) is 26.7 Å². The Kier molecular flexibility index (Phi) is 6.88. The number of thiazole rings is 1. The van der Waals surface area contributed by atoms with Crippen molar-refractivity contribution < 1.29 is 18.7 Å². The van der Waals surface area contributed by atoms with E-state index in [1.807, 2.05) is 35.2 Å². The third-order valence-electron chi connectivity index (χ3n) is 6.01. The SMILES string of the molecule is COc1cccc(-c2sc(Br)nc2C(=O)N(CCNC(=O)c2cccc3occc23)CC2CC2)c1. The standard InChI is InChI=1S/C26H24BrN3O4S/c1-33-18-5-2-4-17(14-18)23-22(29-26(27)35-23)25(32)30(15-16-8-9-16)12-11-28-24(31)20-6-3-7-21-19(20)10-13-34-21/h2-7,10,13-14,16H,8-9,11-12,15H2,1H3,(H,28,31). The molecule has 180 valence electrons. The minimum absolute atomic E-state index is 0.136. The van der Waals surface area contributed by atoms with Crippen LogP contribution in [-0.4, -0.2) is 48.4 Å². The molecular formula is C26H24BrN3O4S. The Morgan fingerprint density at radius 2 is 2.06 bits per heavy atom. The van der Waals surface area contributed by atoms with Crippen molar-refractivity contribution in [2.45, 2.75) is 12.8 Å². The van der Waals surface area contributed by atoms with Crippen molar-refractivity contribution in [1.29, 1.82) is 0 Å². The molecule has 7 nitrogen and oxygen atoms in total. The number of hydrogen-bond donors (Lipinski definition) is 1. The van der Waals surface area contributed by atoms with Gasteiger partial charge in [0, 0.05) is 25.0 Å². The van der Waals surface area contributed by atoms with E-state index in [0.29, 0.717) is 46.3 Å². The van der Waals surface area contributed by atoms with Crippen molar-refractivity contribution in [3.05, 3.63) is 70.0 Å². The minimum atomic E-state index is -0.190. The summed E-state index contributed by atoms with van der Waals surface area (Å²) in [5, 5.41) is 3.73. The fourth-order valence-corrected chi connectivity index (χ4v) is 5.47. The lowest BCUT2D eigenvalue weighted by Gasteiger charge is -2.22. The second-order valence-electron chi connectivity index (χ2n) is 8.46. The van der Waals surface area contributed by atoms with Crippen LogP contribution in [0, 0.1) is 5.92 Å². The Hall–Kier alpha value is -3.17. The predicted octanol–water partition coefficient (Wildman–Crippen LogP) is 5.61. The highest BCUT2D eigenvalue weighted by Crippen LogP contribution is 2.36. The van der Waals surface area contributed by atoms with Gasteiger partial charge in [-0.25, -0.2) is 4.98 Å². The number of furan rings is 1. The molecule has 1 aliphatic carbocycles. The zero-order valence-corrected chi connectivity index (χ0v) is 21.5. The molecule has 0 aliphatic heterocycles. The van der Waals surface area contributed by atoms with Crippen LogP contribution in [0.3, 0.4) is 0 Å². The summed E-state index contributed by atoms with van der Waals surface area (Å²) in [4.78, 5) is 33.6. The van der Waals surface area contributed by atoms with Crippen LogP contribution in [0.2, 0.25) is 0 Å². The summed E-state index contributed by atoms with van der Waals surface area (Å²) in [5.74, 6) is 0.888. The van der Waals surface area contributed by atoms with Gasteiger partial charge in [0.1, 0.15) is 17.0 Å². The molecule has 0 saturated heterocycles. The highest BCUT2D eigenvalue weighted by atomic mass is 79.9. The van der Waals surface area contributed by atoms with E-state index < -0.39 is 0 Å². The molecule has 4 aromatic rings. The van der Waals surface area contributed by atoms with Gasteiger partial charge in [-0.3, -0.25) is 9.59 Å².